The van der Waals surface area contributed by atoms with Gasteiger partial charge < -0.3 is 25.1 Å². The molecule has 0 fully saturated rings. The van der Waals surface area contributed by atoms with E-state index in [0.717, 1.165) is 0 Å². The van der Waals surface area contributed by atoms with Crippen molar-refractivity contribution in [3.63, 3.8) is 0 Å². The number of anilines is 1. The van der Waals surface area contributed by atoms with Crippen molar-refractivity contribution in [2.24, 2.45) is 0 Å². The first-order valence-corrected chi connectivity index (χ1v) is 7.31. The monoisotopic (exact) mass is 346 g/mol. The van der Waals surface area contributed by atoms with Crippen LogP contribution >= 0.6 is 0 Å². The number of ether oxygens (including phenoxy) is 2. The number of amides is 2. The number of carbonyl (C=O) groups is 3. The first-order valence-electron chi connectivity index (χ1n) is 7.31. The van der Waals surface area contributed by atoms with E-state index in [1.807, 2.05) is 0 Å². The summed E-state index contributed by atoms with van der Waals surface area (Å²) < 4.78 is 9.69. The number of hydrogen-bond acceptors (Lipinski definition) is 6. The molecular weight excluding hydrogens is 328 g/mol. The summed E-state index contributed by atoms with van der Waals surface area (Å²) in [6.45, 7) is 1.77. The van der Waals surface area contributed by atoms with Gasteiger partial charge in [-0.05, 0) is 19.1 Å². The number of aromatic nitrogens is 2. The van der Waals surface area contributed by atoms with Crippen LogP contribution in [0.5, 0.6) is 5.88 Å². The fourth-order valence-electron chi connectivity index (χ4n) is 2.13. The zero-order chi connectivity index (χ0) is 18.4. The highest BCUT2D eigenvalue weighted by Crippen LogP contribution is 2.18. The van der Waals surface area contributed by atoms with Crippen LogP contribution in [-0.4, -0.2) is 42.0 Å². The standard InChI is InChI=1S/C16H18N4O5/c1-9-7-11(12(19-9)16(23)25-3)20-14(22)13(21)18-8-10-5-4-6-17-15(10)24-2/h4-7,19H,8H2,1-3H3,(H,18,21)(H,20,22). The van der Waals surface area contributed by atoms with E-state index in [-0.39, 0.29) is 17.9 Å². The summed E-state index contributed by atoms with van der Waals surface area (Å²) in [5.41, 5.74) is 1.49. The molecule has 132 valence electrons. The van der Waals surface area contributed by atoms with E-state index in [0.29, 0.717) is 17.1 Å². The van der Waals surface area contributed by atoms with Crippen molar-refractivity contribution >= 4 is 23.5 Å². The van der Waals surface area contributed by atoms with Crippen LogP contribution in [0.15, 0.2) is 24.4 Å². The highest BCUT2D eigenvalue weighted by Gasteiger charge is 2.20. The minimum atomic E-state index is -0.910. The van der Waals surface area contributed by atoms with Crippen molar-refractivity contribution in [2.45, 2.75) is 13.5 Å². The predicted molar refractivity (Wildman–Crippen MR) is 88.1 cm³/mol. The number of aryl methyl sites for hydroxylation is 1. The van der Waals surface area contributed by atoms with Crippen LogP contribution in [0, 0.1) is 6.92 Å². The number of nitrogens with one attached hydrogen (secondary N) is 3. The lowest BCUT2D eigenvalue weighted by Crippen LogP contribution is -2.35. The van der Waals surface area contributed by atoms with Gasteiger partial charge >= 0.3 is 17.8 Å². The lowest BCUT2D eigenvalue weighted by Gasteiger charge is -2.09. The zero-order valence-electron chi connectivity index (χ0n) is 14.0. The average Bonchev–Trinajstić information content (AvgIpc) is 2.99. The molecule has 2 amide bonds. The van der Waals surface area contributed by atoms with E-state index in [4.69, 9.17) is 4.74 Å². The molecule has 0 radical (unpaired) electrons. The number of rotatable bonds is 5. The number of esters is 1. The van der Waals surface area contributed by atoms with Crippen LogP contribution in [0.1, 0.15) is 21.7 Å². The van der Waals surface area contributed by atoms with Gasteiger partial charge in [0.15, 0.2) is 0 Å². The molecule has 2 rings (SSSR count). The molecule has 0 unspecified atom stereocenters. The Kier molecular flexibility index (Phi) is 5.72. The Morgan fingerprint density at radius 1 is 1.24 bits per heavy atom. The van der Waals surface area contributed by atoms with Crippen molar-refractivity contribution in [2.75, 3.05) is 19.5 Å². The molecule has 0 aliphatic rings. The van der Waals surface area contributed by atoms with E-state index < -0.39 is 17.8 Å². The summed E-state index contributed by atoms with van der Waals surface area (Å²) in [4.78, 5) is 42.4. The topological polar surface area (TPSA) is 122 Å². The van der Waals surface area contributed by atoms with Gasteiger partial charge in [-0.2, -0.15) is 0 Å². The number of aromatic amines is 1. The molecule has 25 heavy (non-hydrogen) atoms. The van der Waals surface area contributed by atoms with Crippen LogP contribution in [0.25, 0.3) is 0 Å². The summed E-state index contributed by atoms with van der Waals surface area (Å²) in [7, 11) is 2.68. The quantitative estimate of drug-likeness (QED) is 0.543. The maximum absolute atomic E-state index is 12.0. The molecule has 0 aliphatic heterocycles. The van der Waals surface area contributed by atoms with Gasteiger partial charge in [-0.1, -0.05) is 6.07 Å². The summed E-state index contributed by atoms with van der Waals surface area (Å²) in [6.07, 6.45) is 1.56. The third kappa shape index (κ3) is 4.34. The SMILES string of the molecule is COC(=O)c1[nH]c(C)cc1NC(=O)C(=O)NCc1cccnc1OC. The average molecular weight is 346 g/mol. The molecule has 2 aromatic rings. The van der Waals surface area contributed by atoms with Crippen molar-refractivity contribution < 1.29 is 23.9 Å². The molecule has 0 atom stereocenters. The Balaban J connectivity index is 2.01. The lowest BCUT2D eigenvalue weighted by molar-refractivity contribution is -0.136. The van der Waals surface area contributed by atoms with Crippen molar-refractivity contribution in [3.05, 3.63) is 41.3 Å². The second kappa shape index (κ2) is 7.95. The molecule has 0 bridgehead atoms. The Morgan fingerprint density at radius 2 is 2.00 bits per heavy atom. The molecular formula is C16H18N4O5. The van der Waals surface area contributed by atoms with Crippen LogP contribution in [0.2, 0.25) is 0 Å². The van der Waals surface area contributed by atoms with E-state index in [1.165, 1.54) is 20.3 Å². The van der Waals surface area contributed by atoms with Gasteiger partial charge in [-0.25, -0.2) is 9.78 Å². The first kappa shape index (κ1) is 18.0. The van der Waals surface area contributed by atoms with Crippen LogP contribution in [0.4, 0.5) is 5.69 Å². The van der Waals surface area contributed by atoms with Crippen molar-refractivity contribution in [3.8, 4) is 5.88 Å². The second-order valence-corrected chi connectivity index (χ2v) is 5.04. The normalized spacial score (nSPS) is 10.0. The van der Waals surface area contributed by atoms with Crippen LogP contribution < -0.4 is 15.4 Å². The summed E-state index contributed by atoms with van der Waals surface area (Å²) in [6, 6.07) is 4.94. The van der Waals surface area contributed by atoms with Gasteiger partial charge in [-0.15, -0.1) is 0 Å². The summed E-state index contributed by atoms with van der Waals surface area (Å²) in [5.74, 6) is -2.06. The van der Waals surface area contributed by atoms with Gasteiger partial charge in [0.2, 0.25) is 5.88 Å². The molecule has 2 heterocycles. The van der Waals surface area contributed by atoms with Crippen molar-refractivity contribution in [1.29, 1.82) is 0 Å². The first-order chi connectivity index (χ1) is 12.0. The second-order valence-electron chi connectivity index (χ2n) is 5.04. The predicted octanol–water partition coefficient (Wildman–Crippen LogP) is 0.768. The van der Waals surface area contributed by atoms with Gasteiger partial charge in [0, 0.05) is 24.0 Å². The fourth-order valence-corrected chi connectivity index (χ4v) is 2.13. The fraction of sp³-hybridized carbons (Fsp3) is 0.250. The number of hydrogen-bond donors (Lipinski definition) is 3. The van der Waals surface area contributed by atoms with E-state index in [1.54, 1.807) is 25.3 Å². The third-order valence-electron chi connectivity index (χ3n) is 3.28. The Morgan fingerprint density at radius 3 is 2.68 bits per heavy atom. The smallest absolute Gasteiger partial charge is 0.356 e. The third-order valence-corrected chi connectivity index (χ3v) is 3.28. The van der Waals surface area contributed by atoms with Gasteiger partial charge in [-0.3, -0.25) is 9.59 Å². The minimum Gasteiger partial charge on any atom is -0.481 e. The highest BCUT2D eigenvalue weighted by molar-refractivity contribution is 6.39. The Labute approximate surface area is 143 Å². The maximum atomic E-state index is 12.0. The molecule has 9 nitrogen and oxygen atoms in total. The Bertz CT molecular complexity index is 800. The molecule has 0 saturated heterocycles. The Hall–Kier alpha value is -3.36. The van der Waals surface area contributed by atoms with E-state index in [9.17, 15) is 14.4 Å². The van der Waals surface area contributed by atoms with E-state index in [2.05, 4.69) is 25.3 Å². The molecule has 0 aromatic carbocycles. The number of H-pyrrole nitrogens is 1. The molecule has 2 aromatic heterocycles. The maximum Gasteiger partial charge on any atom is 0.356 e. The number of methoxy groups -OCH3 is 2. The van der Waals surface area contributed by atoms with Crippen LogP contribution in [-0.2, 0) is 20.9 Å². The van der Waals surface area contributed by atoms with E-state index >= 15 is 0 Å². The number of pyridine rings is 1. The zero-order valence-corrected chi connectivity index (χ0v) is 14.0. The molecule has 3 N–H and O–H groups in total. The molecule has 0 spiro atoms. The lowest BCUT2D eigenvalue weighted by atomic mass is 10.2. The van der Waals surface area contributed by atoms with Crippen LogP contribution in [0.3, 0.4) is 0 Å². The number of nitrogens with zero attached hydrogens (tertiary/aromatic N) is 1. The number of carbonyl (C=O) groups excluding carboxylic acids is 3. The molecule has 0 aliphatic carbocycles. The molecule has 9 heteroatoms. The summed E-state index contributed by atoms with van der Waals surface area (Å²) in [5, 5.41) is 4.85. The van der Waals surface area contributed by atoms with Gasteiger partial charge in [0.05, 0.1) is 19.9 Å². The minimum absolute atomic E-state index is 0.0649. The molecule has 0 saturated carbocycles. The summed E-state index contributed by atoms with van der Waals surface area (Å²) >= 11 is 0. The van der Waals surface area contributed by atoms with Crippen molar-refractivity contribution in [1.82, 2.24) is 15.3 Å². The largest absolute Gasteiger partial charge is 0.481 e. The van der Waals surface area contributed by atoms with Gasteiger partial charge in [0.1, 0.15) is 5.69 Å². The van der Waals surface area contributed by atoms with Gasteiger partial charge in [0.25, 0.3) is 0 Å². The highest BCUT2D eigenvalue weighted by atomic mass is 16.5.